The van der Waals surface area contributed by atoms with Crippen LogP contribution in [0, 0.1) is 11.6 Å². The molecule has 25 heavy (non-hydrogen) atoms. The molecule has 0 aliphatic heterocycles. The van der Waals surface area contributed by atoms with Crippen molar-refractivity contribution < 1.29 is 23.1 Å². The first-order valence-corrected chi connectivity index (χ1v) is 7.48. The highest BCUT2D eigenvalue weighted by Gasteiger charge is 2.20. The van der Waals surface area contributed by atoms with Gasteiger partial charge < -0.3 is 15.0 Å². The molecule has 0 saturated heterocycles. The molecule has 3 aromatic rings. The van der Waals surface area contributed by atoms with Gasteiger partial charge in [-0.05, 0) is 31.2 Å². The molecule has 1 amide bonds. The monoisotopic (exact) mass is 344 g/mol. The molecule has 0 aliphatic carbocycles. The molecule has 0 aliphatic rings. The minimum atomic E-state index is -1.12. The summed E-state index contributed by atoms with van der Waals surface area (Å²) < 4.78 is 31.1. The minimum Gasteiger partial charge on any atom is -0.448 e. The van der Waals surface area contributed by atoms with Crippen molar-refractivity contribution >= 4 is 28.5 Å². The van der Waals surface area contributed by atoms with Gasteiger partial charge in [-0.1, -0.05) is 18.2 Å². The van der Waals surface area contributed by atoms with Gasteiger partial charge in [0, 0.05) is 22.7 Å². The number of esters is 1. The molecule has 0 spiro atoms. The number of anilines is 1. The Hall–Kier alpha value is -3.22. The molecular weight excluding hydrogens is 330 g/mol. The lowest BCUT2D eigenvalue weighted by Gasteiger charge is -2.13. The molecule has 2 N–H and O–H groups in total. The second kappa shape index (κ2) is 6.72. The van der Waals surface area contributed by atoms with E-state index in [1.54, 1.807) is 6.07 Å². The lowest BCUT2D eigenvalue weighted by atomic mass is 10.2. The first-order valence-electron chi connectivity index (χ1n) is 7.48. The topological polar surface area (TPSA) is 71.2 Å². The second-order valence-corrected chi connectivity index (χ2v) is 5.44. The molecule has 0 saturated carbocycles. The molecule has 5 nitrogen and oxygen atoms in total. The number of amides is 1. The van der Waals surface area contributed by atoms with Crippen molar-refractivity contribution in [3.05, 3.63) is 65.9 Å². The van der Waals surface area contributed by atoms with E-state index in [2.05, 4.69) is 10.3 Å². The van der Waals surface area contributed by atoms with Crippen LogP contribution in [0.5, 0.6) is 0 Å². The first-order chi connectivity index (χ1) is 11.9. The van der Waals surface area contributed by atoms with Crippen molar-refractivity contribution in [3.8, 4) is 0 Å². The van der Waals surface area contributed by atoms with Crippen molar-refractivity contribution in [2.24, 2.45) is 0 Å². The van der Waals surface area contributed by atoms with Crippen LogP contribution in [0.25, 0.3) is 10.9 Å². The Morgan fingerprint density at radius 2 is 1.84 bits per heavy atom. The van der Waals surface area contributed by atoms with Crippen LogP contribution in [0.15, 0.2) is 48.5 Å². The number of fused-ring (bicyclic) bond motifs is 1. The van der Waals surface area contributed by atoms with Crippen LogP contribution in [0.1, 0.15) is 17.4 Å². The van der Waals surface area contributed by atoms with E-state index in [4.69, 9.17) is 4.74 Å². The number of rotatable bonds is 4. The Balaban J connectivity index is 1.65. The molecule has 3 rings (SSSR count). The molecule has 7 heteroatoms. The fourth-order valence-corrected chi connectivity index (χ4v) is 2.28. The van der Waals surface area contributed by atoms with Crippen molar-refractivity contribution in [3.63, 3.8) is 0 Å². The highest BCUT2D eigenvalue weighted by Crippen LogP contribution is 2.17. The van der Waals surface area contributed by atoms with E-state index >= 15 is 0 Å². The second-order valence-electron chi connectivity index (χ2n) is 5.44. The highest BCUT2D eigenvalue weighted by molar-refractivity contribution is 5.98. The van der Waals surface area contributed by atoms with E-state index in [1.165, 1.54) is 13.0 Å². The predicted molar refractivity (Wildman–Crippen MR) is 88.2 cm³/mol. The van der Waals surface area contributed by atoms with Gasteiger partial charge in [0.25, 0.3) is 5.91 Å². The molecule has 1 atom stereocenters. The van der Waals surface area contributed by atoms with E-state index in [0.717, 1.165) is 23.0 Å². The third-order valence-corrected chi connectivity index (χ3v) is 3.59. The molecule has 0 unspecified atom stereocenters. The molecule has 1 heterocycles. The summed E-state index contributed by atoms with van der Waals surface area (Å²) in [6.07, 6.45) is -1.12. The van der Waals surface area contributed by atoms with Crippen molar-refractivity contribution in [1.82, 2.24) is 4.98 Å². The van der Waals surface area contributed by atoms with Gasteiger partial charge in [-0.3, -0.25) is 4.79 Å². The molecule has 0 radical (unpaired) electrons. The van der Waals surface area contributed by atoms with Crippen molar-refractivity contribution in [2.75, 3.05) is 5.32 Å². The Labute approximate surface area is 141 Å². The first kappa shape index (κ1) is 16.6. The van der Waals surface area contributed by atoms with E-state index in [1.807, 2.05) is 24.3 Å². The third kappa shape index (κ3) is 3.65. The van der Waals surface area contributed by atoms with Crippen LogP contribution in [-0.2, 0) is 9.53 Å². The number of ether oxygens (including phenoxy) is 1. The average molecular weight is 344 g/mol. The van der Waals surface area contributed by atoms with Gasteiger partial charge in [0.05, 0.1) is 0 Å². The number of carbonyl (C=O) groups is 2. The summed E-state index contributed by atoms with van der Waals surface area (Å²) >= 11 is 0. The van der Waals surface area contributed by atoms with Crippen LogP contribution >= 0.6 is 0 Å². The van der Waals surface area contributed by atoms with Gasteiger partial charge in [-0.25, -0.2) is 13.6 Å². The molecule has 2 aromatic carbocycles. The van der Waals surface area contributed by atoms with E-state index < -0.39 is 29.6 Å². The molecular formula is C18H14F2N2O3. The van der Waals surface area contributed by atoms with E-state index in [0.29, 0.717) is 0 Å². The predicted octanol–water partition coefficient (Wildman–Crippen LogP) is 3.63. The third-order valence-electron chi connectivity index (χ3n) is 3.59. The Kier molecular flexibility index (Phi) is 4.47. The van der Waals surface area contributed by atoms with Gasteiger partial charge in [0.15, 0.2) is 17.7 Å². The zero-order chi connectivity index (χ0) is 18.0. The maximum atomic E-state index is 13.1. The number of H-pyrrole nitrogens is 1. The number of halogens is 2. The van der Waals surface area contributed by atoms with E-state index in [-0.39, 0.29) is 11.4 Å². The fourth-order valence-electron chi connectivity index (χ4n) is 2.28. The highest BCUT2D eigenvalue weighted by atomic mass is 19.2. The number of benzene rings is 2. The number of hydrogen-bond donors (Lipinski definition) is 2. The van der Waals surface area contributed by atoms with Crippen LogP contribution in [0.2, 0.25) is 0 Å². The minimum absolute atomic E-state index is 0.0670. The fraction of sp³-hybridized carbons (Fsp3) is 0.111. The molecule has 0 bridgehead atoms. The summed E-state index contributed by atoms with van der Waals surface area (Å²) in [6, 6.07) is 11.9. The largest absolute Gasteiger partial charge is 0.448 e. The summed E-state index contributed by atoms with van der Waals surface area (Å²) in [5.41, 5.74) is 1.06. The quantitative estimate of drug-likeness (QED) is 0.710. The summed E-state index contributed by atoms with van der Waals surface area (Å²) in [5, 5.41) is 3.20. The number of carbonyl (C=O) groups excluding carboxylic acids is 2. The molecule has 1 aromatic heterocycles. The summed E-state index contributed by atoms with van der Waals surface area (Å²) in [5.74, 6) is -3.45. The zero-order valence-corrected chi connectivity index (χ0v) is 13.2. The lowest BCUT2D eigenvalue weighted by Crippen LogP contribution is -2.30. The molecule has 0 fully saturated rings. The van der Waals surface area contributed by atoms with Crippen LogP contribution in [0.3, 0.4) is 0 Å². The Bertz CT molecular complexity index is 919. The van der Waals surface area contributed by atoms with Gasteiger partial charge in [-0.2, -0.15) is 0 Å². The number of nitrogens with one attached hydrogen (secondary N) is 2. The van der Waals surface area contributed by atoms with Gasteiger partial charge >= 0.3 is 5.97 Å². The number of aromatic amines is 1. The van der Waals surface area contributed by atoms with Crippen molar-refractivity contribution in [2.45, 2.75) is 13.0 Å². The van der Waals surface area contributed by atoms with Crippen LogP contribution in [0.4, 0.5) is 14.5 Å². The SMILES string of the molecule is C[C@@H](OC(=O)c1cc2ccccc2[nH]1)C(=O)Nc1ccc(F)c(F)c1. The summed E-state index contributed by atoms with van der Waals surface area (Å²) in [4.78, 5) is 27.1. The maximum Gasteiger partial charge on any atom is 0.355 e. The normalized spacial score (nSPS) is 12.0. The smallest absolute Gasteiger partial charge is 0.355 e. The Morgan fingerprint density at radius 3 is 2.56 bits per heavy atom. The Morgan fingerprint density at radius 1 is 1.08 bits per heavy atom. The average Bonchev–Trinajstić information content (AvgIpc) is 3.02. The van der Waals surface area contributed by atoms with Gasteiger partial charge in [-0.15, -0.1) is 0 Å². The van der Waals surface area contributed by atoms with E-state index in [9.17, 15) is 18.4 Å². The lowest BCUT2D eigenvalue weighted by molar-refractivity contribution is -0.123. The maximum absolute atomic E-state index is 13.1. The zero-order valence-electron chi connectivity index (χ0n) is 13.2. The van der Waals surface area contributed by atoms with Crippen molar-refractivity contribution in [1.29, 1.82) is 0 Å². The number of aromatic nitrogens is 1. The summed E-state index contributed by atoms with van der Waals surface area (Å²) in [6.45, 7) is 1.38. The van der Waals surface area contributed by atoms with Gasteiger partial charge in [0.1, 0.15) is 5.69 Å². The van der Waals surface area contributed by atoms with Crippen LogP contribution < -0.4 is 5.32 Å². The van der Waals surface area contributed by atoms with Crippen LogP contribution in [-0.4, -0.2) is 23.0 Å². The van der Waals surface area contributed by atoms with Gasteiger partial charge in [0.2, 0.25) is 0 Å². The number of para-hydroxylation sites is 1. The standard InChI is InChI=1S/C18H14F2N2O3/c1-10(17(23)21-12-6-7-13(19)14(20)9-12)25-18(24)16-8-11-4-2-3-5-15(11)22-16/h2-10,22H,1H3,(H,21,23)/t10-/m1/s1. The summed E-state index contributed by atoms with van der Waals surface area (Å²) in [7, 11) is 0. The molecule has 128 valence electrons. The number of hydrogen-bond acceptors (Lipinski definition) is 3.